The molecule has 0 saturated carbocycles. The topological polar surface area (TPSA) is 44.4 Å². The van der Waals surface area contributed by atoms with E-state index in [0.29, 0.717) is 6.54 Å². The molecule has 0 fully saturated rings. The molecule has 0 radical (unpaired) electrons. The maximum absolute atomic E-state index is 11.6. The molecule has 0 heterocycles. The molecule has 0 bridgehead atoms. The van der Waals surface area contributed by atoms with Crippen molar-refractivity contribution in [3.8, 4) is 0 Å². The molecule has 0 aliphatic heterocycles. The van der Waals surface area contributed by atoms with Gasteiger partial charge in [0.2, 0.25) is 5.91 Å². The van der Waals surface area contributed by atoms with Gasteiger partial charge in [-0.05, 0) is 37.2 Å². The van der Waals surface area contributed by atoms with Gasteiger partial charge in [-0.15, -0.1) is 0 Å². The highest BCUT2D eigenvalue weighted by molar-refractivity contribution is 5.92. The molecule has 1 aromatic carbocycles. The minimum absolute atomic E-state index is 0.00343. The number of benzene rings is 1. The minimum Gasteiger partial charge on any atom is -0.378 e. The summed E-state index contributed by atoms with van der Waals surface area (Å²) in [5.74, 6) is 0.00343. The zero-order chi connectivity index (χ0) is 13.4. The summed E-state index contributed by atoms with van der Waals surface area (Å²) in [6.07, 6.45) is 2.24. The number of nitrogens with one attached hydrogen (secondary N) is 2. The van der Waals surface area contributed by atoms with Gasteiger partial charge in [-0.2, -0.15) is 0 Å². The Balaban J connectivity index is 2.35. The number of hydrogen-bond acceptors (Lipinski definition) is 3. The van der Waals surface area contributed by atoms with E-state index in [2.05, 4.69) is 17.6 Å². The van der Waals surface area contributed by atoms with Crippen LogP contribution in [0.2, 0.25) is 0 Å². The monoisotopic (exact) mass is 249 g/mol. The number of carbonyl (C=O) groups is 1. The van der Waals surface area contributed by atoms with E-state index in [9.17, 15) is 4.79 Å². The van der Waals surface area contributed by atoms with Crippen molar-refractivity contribution < 1.29 is 4.79 Å². The number of anilines is 2. The summed E-state index contributed by atoms with van der Waals surface area (Å²) in [5, 5.41) is 5.98. The highest BCUT2D eigenvalue weighted by Crippen LogP contribution is 2.15. The van der Waals surface area contributed by atoms with Crippen molar-refractivity contribution in [2.24, 2.45) is 0 Å². The second-order valence-electron chi connectivity index (χ2n) is 4.52. The number of amides is 1. The molecule has 4 nitrogen and oxygen atoms in total. The van der Waals surface area contributed by atoms with E-state index in [4.69, 9.17) is 0 Å². The zero-order valence-electron chi connectivity index (χ0n) is 11.5. The first kappa shape index (κ1) is 14.5. The first-order chi connectivity index (χ1) is 8.63. The van der Waals surface area contributed by atoms with Crippen molar-refractivity contribution in [3.05, 3.63) is 24.3 Å². The summed E-state index contributed by atoms with van der Waals surface area (Å²) in [5.41, 5.74) is 1.96. The van der Waals surface area contributed by atoms with Gasteiger partial charge < -0.3 is 15.5 Å². The highest BCUT2D eigenvalue weighted by atomic mass is 16.1. The number of rotatable bonds is 7. The van der Waals surface area contributed by atoms with Crippen molar-refractivity contribution in [2.75, 3.05) is 37.4 Å². The van der Waals surface area contributed by atoms with Crippen LogP contribution in [0.25, 0.3) is 0 Å². The lowest BCUT2D eigenvalue weighted by molar-refractivity contribution is -0.115. The summed E-state index contributed by atoms with van der Waals surface area (Å²) in [6, 6.07) is 7.80. The van der Waals surface area contributed by atoms with E-state index in [0.717, 1.165) is 30.8 Å². The van der Waals surface area contributed by atoms with Crippen LogP contribution in [-0.4, -0.2) is 33.1 Å². The van der Waals surface area contributed by atoms with Crippen LogP contribution in [0, 0.1) is 0 Å². The van der Waals surface area contributed by atoms with E-state index >= 15 is 0 Å². The average Bonchev–Trinajstić information content (AvgIpc) is 2.35. The van der Waals surface area contributed by atoms with E-state index < -0.39 is 0 Å². The summed E-state index contributed by atoms with van der Waals surface area (Å²) >= 11 is 0. The number of nitrogens with zero attached hydrogens (tertiary/aromatic N) is 1. The third-order valence-electron chi connectivity index (χ3n) is 2.66. The normalized spacial score (nSPS) is 10.2. The van der Waals surface area contributed by atoms with Crippen LogP contribution < -0.4 is 15.5 Å². The van der Waals surface area contributed by atoms with Crippen LogP contribution in [-0.2, 0) is 4.79 Å². The molecule has 1 amide bonds. The Labute approximate surface area is 109 Å². The zero-order valence-corrected chi connectivity index (χ0v) is 11.5. The molecule has 1 rings (SSSR count). The lowest BCUT2D eigenvalue weighted by atomic mass is 10.2. The van der Waals surface area contributed by atoms with Gasteiger partial charge in [0.05, 0.1) is 6.54 Å². The molecule has 0 atom stereocenters. The molecule has 0 spiro atoms. The second kappa shape index (κ2) is 7.71. The maximum atomic E-state index is 11.6. The van der Waals surface area contributed by atoms with Crippen molar-refractivity contribution >= 4 is 17.3 Å². The van der Waals surface area contributed by atoms with Crippen LogP contribution >= 0.6 is 0 Å². The number of carbonyl (C=O) groups excluding carboxylic acids is 1. The predicted octanol–water partition coefficient (Wildman–Crippen LogP) is 2.08. The molecule has 0 unspecified atom stereocenters. The Morgan fingerprint density at radius 2 is 1.89 bits per heavy atom. The molecule has 0 aromatic heterocycles. The van der Waals surface area contributed by atoms with Crippen molar-refractivity contribution in [1.82, 2.24) is 5.32 Å². The highest BCUT2D eigenvalue weighted by Gasteiger charge is 2.02. The summed E-state index contributed by atoms with van der Waals surface area (Å²) in [4.78, 5) is 13.6. The van der Waals surface area contributed by atoms with E-state index in [1.54, 1.807) is 0 Å². The quantitative estimate of drug-likeness (QED) is 0.727. The summed E-state index contributed by atoms with van der Waals surface area (Å²) < 4.78 is 0. The van der Waals surface area contributed by atoms with Gasteiger partial charge >= 0.3 is 0 Å². The molecule has 0 saturated heterocycles. The fraction of sp³-hybridized carbons (Fsp3) is 0.500. The smallest absolute Gasteiger partial charge is 0.238 e. The van der Waals surface area contributed by atoms with Gasteiger partial charge in [0.15, 0.2) is 0 Å². The molecule has 0 aliphatic rings. The Morgan fingerprint density at radius 1 is 1.22 bits per heavy atom. The lowest BCUT2D eigenvalue weighted by Gasteiger charge is -2.13. The Bertz CT molecular complexity index is 360. The van der Waals surface area contributed by atoms with Gasteiger partial charge in [-0.25, -0.2) is 0 Å². The second-order valence-corrected chi connectivity index (χ2v) is 4.52. The van der Waals surface area contributed by atoms with E-state index in [1.165, 1.54) is 0 Å². The van der Waals surface area contributed by atoms with Crippen LogP contribution in [0.5, 0.6) is 0 Å². The van der Waals surface area contributed by atoms with Gasteiger partial charge in [0, 0.05) is 25.5 Å². The molecule has 1 aromatic rings. The third-order valence-corrected chi connectivity index (χ3v) is 2.66. The predicted molar refractivity (Wildman–Crippen MR) is 77.2 cm³/mol. The fourth-order valence-electron chi connectivity index (χ4n) is 1.55. The standard InChI is InChI=1S/C14H23N3O/c1-4-5-10-15-11-14(18)16-12-6-8-13(9-7-12)17(2)3/h6-9,15H,4-5,10-11H2,1-3H3,(H,16,18). The lowest BCUT2D eigenvalue weighted by Crippen LogP contribution is -2.28. The van der Waals surface area contributed by atoms with Crippen molar-refractivity contribution in [3.63, 3.8) is 0 Å². The summed E-state index contributed by atoms with van der Waals surface area (Å²) in [7, 11) is 3.98. The van der Waals surface area contributed by atoms with Crippen LogP contribution in [0.3, 0.4) is 0 Å². The molecule has 2 N–H and O–H groups in total. The Kier molecular flexibility index (Phi) is 6.22. The van der Waals surface area contributed by atoms with Gasteiger partial charge in [-0.3, -0.25) is 4.79 Å². The Hall–Kier alpha value is -1.55. The third kappa shape index (κ3) is 5.19. The average molecular weight is 249 g/mol. The van der Waals surface area contributed by atoms with Gasteiger partial charge in [-0.1, -0.05) is 13.3 Å². The maximum Gasteiger partial charge on any atom is 0.238 e. The Morgan fingerprint density at radius 3 is 2.44 bits per heavy atom. The van der Waals surface area contributed by atoms with Crippen LogP contribution in [0.4, 0.5) is 11.4 Å². The number of hydrogen-bond donors (Lipinski definition) is 2. The van der Waals surface area contributed by atoms with Crippen LogP contribution in [0.15, 0.2) is 24.3 Å². The van der Waals surface area contributed by atoms with Crippen molar-refractivity contribution in [1.29, 1.82) is 0 Å². The molecule has 4 heteroatoms. The van der Waals surface area contributed by atoms with E-state index in [1.807, 2.05) is 43.3 Å². The molecule has 18 heavy (non-hydrogen) atoms. The van der Waals surface area contributed by atoms with Gasteiger partial charge in [0.25, 0.3) is 0 Å². The largest absolute Gasteiger partial charge is 0.378 e. The summed E-state index contributed by atoms with van der Waals surface area (Å²) in [6.45, 7) is 3.40. The number of unbranched alkanes of at least 4 members (excludes halogenated alkanes) is 1. The van der Waals surface area contributed by atoms with E-state index in [-0.39, 0.29) is 5.91 Å². The SMILES string of the molecule is CCCCNCC(=O)Nc1ccc(N(C)C)cc1. The van der Waals surface area contributed by atoms with Crippen molar-refractivity contribution in [2.45, 2.75) is 19.8 Å². The first-order valence-electron chi connectivity index (χ1n) is 6.41. The fourth-order valence-corrected chi connectivity index (χ4v) is 1.55. The molecular weight excluding hydrogens is 226 g/mol. The molecular formula is C14H23N3O. The van der Waals surface area contributed by atoms with Gasteiger partial charge in [0.1, 0.15) is 0 Å². The molecule has 0 aliphatic carbocycles. The van der Waals surface area contributed by atoms with Crippen LogP contribution in [0.1, 0.15) is 19.8 Å². The first-order valence-corrected chi connectivity index (χ1v) is 6.41. The minimum atomic E-state index is 0.00343. The molecule has 100 valence electrons.